The predicted octanol–water partition coefficient (Wildman–Crippen LogP) is 3.42. The van der Waals surface area contributed by atoms with E-state index >= 15 is 0 Å². The van der Waals surface area contributed by atoms with Crippen LogP contribution < -0.4 is 11.3 Å². The first-order valence-electron chi connectivity index (χ1n) is 5.73. The molecular formula is C12H15BrF2N2. The molecular weight excluding hydrogens is 290 g/mol. The van der Waals surface area contributed by atoms with Crippen LogP contribution in [-0.4, -0.2) is 0 Å². The highest BCUT2D eigenvalue weighted by atomic mass is 79.9. The van der Waals surface area contributed by atoms with Crippen LogP contribution in [-0.2, 0) is 0 Å². The Morgan fingerprint density at radius 2 is 2.12 bits per heavy atom. The number of hydrazine groups is 1. The first-order valence-corrected chi connectivity index (χ1v) is 6.52. The summed E-state index contributed by atoms with van der Waals surface area (Å²) in [4.78, 5) is 0. The van der Waals surface area contributed by atoms with Crippen molar-refractivity contribution in [2.45, 2.75) is 31.7 Å². The monoisotopic (exact) mass is 304 g/mol. The first-order chi connectivity index (χ1) is 8.13. The van der Waals surface area contributed by atoms with Gasteiger partial charge in [-0.1, -0.05) is 19.3 Å². The van der Waals surface area contributed by atoms with E-state index in [1.165, 1.54) is 18.6 Å². The Morgan fingerprint density at radius 3 is 2.65 bits per heavy atom. The minimum Gasteiger partial charge on any atom is -0.271 e. The van der Waals surface area contributed by atoms with Gasteiger partial charge in [-0.2, -0.15) is 0 Å². The van der Waals surface area contributed by atoms with E-state index < -0.39 is 17.7 Å². The number of benzene rings is 1. The Morgan fingerprint density at radius 1 is 1.41 bits per heavy atom. The van der Waals surface area contributed by atoms with Gasteiger partial charge in [0.25, 0.3) is 0 Å². The molecule has 2 nitrogen and oxygen atoms in total. The summed E-state index contributed by atoms with van der Waals surface area (Å²) in [6.45, 7) is 0. The Bertz CT molecular complexity index is 408. The topological polar surface area (TPSA) is 38.0 Å². The van der Waals surface area contributed by atoms with Gasteiger partial charge in [-0.05, 0) is 40.4 Å². The molecule has 2 rings (SSSR count). The molecule has 1 aromatic carbocycles. The van der Waals surface area contributed by atoms with Gasteiger partial charge in [-0.15, -0.1) is 0 Å². The second-order valence-electron chi connectivity index (χ2n) is 4.51. The summed E-state index contributed by atoms with van der Waals surface area (Å²) in [7, 11) is 0. The van der Waals surface area contributed by atoms with Crippen LogP contribution in [0.1, 0.15) is 37.3 Å². The van der Waals surface area contributed by atoms with Gasteiger partial charge < -0.3 is 0 Å². The molecule has 0 amide bonds. The van der Waals surface area contributed by atoms with Crippen LogP contribution in [0.3, 0.4) is 0 Å². The molecule has 0 aromatic heterocycles. The molecule has 1 unspecified atom stereocenters. The molecule has 1 atom stereocenters. The highest BCUT2D eigenvalue weighted by Crippen LogP contribution is 2.36. The van der Waals surface area contributed by atoms with Crippen molar-refractivity contribution in [2.24, 2.45) is 11.8 Å². The van der Waals surface area contributed by atoms with Crippen LogP contribution in [0.4, 0.5) is 8.78 Å². The van der Waals surface area contributed by atoms with E-state index in [0.29, 0.717) is 12.3 Å². The number of halogens is 3. The lowest BCUT2D eigenvalue weighted by molar-refractivity contribution is 0.257. The molecule has 1 fully saturated rings. The average molecular weight is 305 g/mol. The maximum atomic E-state index is 13.9. The number of rotatable bonds is 4. The highest BCUT2D eigenvalue weighted by Gasteiger charge is 2.27. The van der Waals surface area contributed by atoms with E-state index in [2.05, 4.69) is 21.4 Å². The molecule has 0 aliphatic heterocycles. The Kier molecular flexibility index (Phi) is 4.12. The second kappa shape index (κ2) is 5.42. The average Bonchev–Trinajstić information content (AvgIpc) is 2.26. The lowest BCUT2D eigenvalue weighted by Gasteiger charge is -2.29. The minimum absolute atomic E-state index is 0.0359. The van der Waals surface area contributed by atoms with Crippen LogP contribution in [0.5, 0.6) is 0 Å². The first kappa shape index (κ1) is 12.9. The van der Waals surface area contributed by atoms with Gasteiger partial charge in [-0.3, -0.25) is 11.3 Å². The summed E-state index contributed by atoms with van der Waals surface area (Å²) in [6, 6.07) is 2.16. The molecule has 94 valence electrons. The maximum absolute atomic E-state index is 13.9. The Balaban J connectivity index is 2.25. The van der Waals surface area contributed by atoms with E-state index in [1.54, 1.807) is 0 Å². The quantitative estimate of drug-likeness (QED) is 0.508. The van der Waals surface area contributed by atoms with Crippen LogP contribution >= 0.6 is 15.9 Å². The fourth-order valence-corrected chi connectivity index (χ4v) is 2.54. The normalized spacial score (nSPS) is 17.9. The number of nitrogens with two attached hydrogens (primary N) is 1. The number of nitrogens with one attached hydrogen (secondary N) is 1. The summed E-state index contributed by atoms with van der Waals surface area (Å²) in [5.41, 5.74) is 2.56. The van der Waals surface area contributed by atoms with Crippen LogP contribution in [0.15, 0.2) is 16.6 Å². The van der Waals surface area contributed by atoms with Crippen molar-refractivity contribution in [3.05, 3.63) is 33.8 Å². The Labute approximate surface area is 108 Å². The molecule has 0 radical (unpaired) electrons. The van der Waals surface area contributed by atoms with Crippen molar-refractivity contribution in [1.82, 2.24) is 5.43 Å². The number of hydrogen-bond acceptors (Lipinski definition) is 2. The summed E-state index contributed by atoms with van der Waals surface area (Å²) in [5.74, 6) is 4.83. The molecule has 17 heavy (non-hydrogen) atoms. The van der Waals surface area contributed by atoms with Crippen molar-refractivity contribution in [3.63, 3.8) is 0 Å². The minimum atomic E-state index is -0.563. The third-order valence-corrected chi connectivity index (χ3v) is 4.04. The molecule has 1 aliphatic carbocycles. The molecule has 5 heteroatoms. The third kappa shape index (κ3) is 2.67. The number of hydrogen-bond donors (Lipinski definition) is 2. The van der Waals surface area contributed by atoms with Gasteiger partial charge in [0, 0.05) is 5.56 Å². The van der Waals surface area contributed by atoms with E-state index in [0.717, 1.165) is 12.8 Å². The molecule has 1 aliphatic rings. The van der Waals surface area contributed by atoms with Crippen molar-refractivity contribution >= 4 is 15.9 Å². The van der Waals surface area contributed by atoms with Crippen LogP contribution in [0.25, 0.3) is 0 Å². The second-order valence-corrected chi connectivity index (χ2v) is 5.36. The fourth-order valence-electron chi connectivity index (χ4n) is 2.19. The van der Waals surface area contributed by atoms with Gasteiger partial charge in [0.15, 0.2) is 0 Å². The summed E-state index contributed by atoms with van der Waals surface area (Å²) < 4.78 is 27.8. The standard InChI is InChI=1S/C12H15BrF2N2/c13-8-4-5-9(14)11(12(8)15)10(17-16)6-7-2-1-3-7/h4-5,7,10,17H,1-3,6,16H2. The smallest absolute Gasteiger partial charge is 0.145 e. The zero-order valence-corrected chi connectivity index (χ0v) is 10.9. The SMILES string of the molecule is NNC(CC1CCC1)c1c(F)ccc(Br)c1F. The van der Waals surface area contributed by atoms with Gasteiger partial charge >= 0.3 is 0 Å². The maximum Gasteiger partial charge on any atom is 0.145 e. The highest BCUT2D eigenvalue weighted by molar-refractivity contribution is 9.10. The molecule has 3 N–H and O–H groups in total. The van der Waals surface area contributed by atoms with E-state index in [4.69, 9.17) is 5.84 Å². The predicted molar refractivity (Wildman–Crippen MR) is 66.1 cm³/mol. The van der Waals surface area contributed by atoms with Crippen molar-refractivity contribution in [1.29, 1.82) is 0 Å². The molecule has 1 saturated carbocycles. The molecule has 0 bridgehead atoms. The summed E-state index contributed by atoms with van der Waals surface area (Å²) in [6.07, 6.45) is 4.12. The zero-order valence-electron chi connectivity index (χ0n) is 9.35. The van der Waals surface area contributed by atoms with Gasteiger partial charge in [0.05, 0.1) is 10.5 Å². The van der Waals surface area contributed by atoms with E-state index in [1.807, 2.05) is 0 Å². The Hall–Kier alpha value is -0.520. The molecule has 0 saturated heterocycles. The lowest BCUT2D eigenvalue weighted by atomic mass is 9.79. The zero-order chi connectivity index (χ0) is 12.4. The van der Waals surface area contributed by atoms with Crippen molar-refractivity contribution in [2.75, 3.05) is 0 Å². The lowest BCUT2D eigenvalue weighted by Crippen LogP contribution is -2.32. The van der Waals surface area contributed by atoms with Gasteiger partial charge in [-0.25, -0.2) is 8.78 Å². The van der Waals surface area contributed by atoms with Crippen molar-refractivity contribution in [3.8, 4) is 0 Å². The largest absolute Gasteiger partial charge is 0.271 e. The van der Waals surface area contributed by atoms with Crippen molar-refractivity contribution < 1.29 is 8.78 Å². The molecule has 0 heterocycles. The van der Waals surface area contributed by atoms with Crippen LogP contribution in [0, 0.1) is 17.6 Å². The molecule has 1 aromatic rings. The van der Waals surface area contributed by atoms with E-state index in [9.17, 15) is 8.78 Å². The third-order valence-electron chi connectivity index (χ3n) is 3.42. The van der Waals surface area contributed by atoms with Crippen LogP contribution in [0.2, 0.25) is 0 Å². The molecule has 0 spiro atoms. The fraction of sp³-hybridized carbons (Fsp3) is 0.500. The summed E-state index contributed by atoms with van der Waals surface area (Å²) in [5, 5.41) is 0. The van der Waals surface area contributed by atoms with Gasteiger partial charge in [0.2, 0.25) is 0 Å². The summed E-state index contributed by atoms with van der Waals surface area (Å²) >= 11 is 3.06. The van der Waals surface area contributed by atoms with E-state index in [-0.39, 0.29) is 10.0 Å². The van der Waals surface area contributed by atoms with Gasteiger partial charge in [0.1, 0.15) is 11.6 Å².